The molecule has 0 saturated carbocycles. The van der Waals surface area contributed by atoms with E-state index in [1.807, 2.05) is 18.2 Å². The second kappa shape index (κ2) is 9.83. The maximum atomic E-state index is 14.6. The Morgan fingerprint density at radius 3 is 2.41 bits per heavy atom. The number of halogens is 2. The van der Waals surface area contributed by atoms with E-state index in [0.717, 1.165) is 40.8 Å². The number of hydrogen-bond acceptors (Lipinski definition) is 2. The summed E-state index contributed by atoms with van der Waals surface area (Å²) in [7, 11) is 0. The summed E-state index contributed by atoms with van der Waals surface area (Å²) in [6, 6.07) is 16.1. The van der Waals surface area contributed by atoms with Crippen LogP contribution in [0.2, 0.25) is 0 Å². The van der Waals surface area contributed by atoms with Crippen LogP contribution in [0, 0.1) is 23.5 Å². The van der Waals surface area contributed by atoms with Crippen molar-refractivity contribution in [1.82, 2.24) is 0 Å². The summed E-state index contributed by atoms with van der Waals surface area (Å²) >= 11 is 4.51. The van der Waals surface area contributed by atoms with Gasteiger partial charge in [-0.1, -0.05) is 49.5 Å². The Bertz CT molecular complexity index is 1280. The fourth-order valence-electron chi connectivity index (χ4n) is 3.82. The summed E-state index contributed by atoms with van der Waals surface area (Å²) in [6.45, 7) is 2.19. The quantitative estimate of drug-likeness (QED) is 0.224. The average Bonchev–Trinajstić information content (AvgIpc) is 3.19. The Morgan fingerprint density at radius 1 is 0.969 bits per heavy atom. The van der Waals surface area contributed by atoms with Crippen LogP contribution in [-0.4, -0.2) is 5.16 Å². The van der Waals surface area contributed by atoms with Crippen molar-refractivity contribution in [3.63, 3.8) is 0 Å². The first kappa shape index (κ1) is 21.8. The predicted octanol–water partition coefficient (Wildman–Crippen LogP) is 7.70. The van der Waals surface area contributed by atoms with Gasteiger partial charge in [0.15, 0.2) is 0 Å². The van der Waals surface area contributed by atoms with Gasteiger partial charge in [0.2, 0.25) is 0 Å². The molecule has 0 amide bonds. The number of nitrogens with zero attached hydrogens (tertiary/aromatic N) is 1. The summed E-state index contributed by atoms with van der Waals surface area (Å²) in [5, 5.41) is 2.13. The lowest BCUT2D eigenvalue weighted by molar-refractivity contribution is 0.590. The first-order chi connectivity index (χ1) is 15.6. The molecular formula is C28H21F2NS. The van der Waals surface area contributed by atoms with Crippen LogP contribution in [0.15, 0.2) is 65.2 Å². The van der Waals surface area contributed by atoms with E-state index >= 15 is 0 Å². The van der Waals surface area contributed by atoms with Crippen LogP contribution in [0.25, 0.3) is 17.2 Å². The zero-order chi connectivity index (χ0) is 22.5. The fraction of sp³-hybridized carbons (Fsp3) is 0.179. The SMILES string of the molecule is CCCCc1ccc(C#CC2=Cc3ccc(-c4c(F)cc(N=C=S)cc4F)cc3C2)cc1. The van der Waals surface area contributed by atoms with Gasteiger partial charge in [0.05, 0.1) is 16.4 Å². The van der Waals surface area contributed by atoms with Crippen LogP contribution in [-0.2, 0) is 12.8 Å². The first-order valence-electron chi connectivity index (χ1n) is 10.6. The number of allylic oxidation sites excluding steroid dienone is 1. The Balaban J connectivity index is 1.52. The van der Waals surface area contributed by atoms with E-state index < -0.39 is 11.6 Å². The number of isothiocyanates is 1. The van der Waals surface area contributed by atoms with Gasteiger partial charge in [-0.05, 0) is 71.6 Å². The van der Waals surface area contributed by atoms with Gasteiger partial charge in [-0.3, -0.25) is 0 Å². The van der Waals surface area contributed by atoms with E-state index in [1.54, 1.807) is 6.07 Å². The molecule has 4 heteroatoms. The van der Waals surface area contributed by atoms with Crippen molar-refractivity contribution in [2.45, 2.75) is 32.6 Å². The molecular weight excluding hydrogens is 420 g/mol. The zero-order valence-electron chi connectivity index (χ0n) is 17.7. The van der Waals surface area contributed by atoms with Crippen LogP contribution >= 0.6 is 12.2 Å². The van der Waals surface area contributed by atoms with Gasteiger partial charge in [0.1, 0.15) is 11.6 Å². The number of rotatable bonds is 5. The molecule has 3 aromatic rings. The van der Waals surface area contributed by atoms with Crippen molar-refractivity contribution in [3.8, 4) is 23.0 Å². The third kappa shape index (κ3) is 4.92. The normalized spacial score (nSPS) is 11.8. The smallest absolute Gasteiger partial charge is 0.136 e. The van der Waals surface area contributed by atoms with E-state index in [2.05, 4.69) is 65.4 Å². The molecule has 1 aliphatic rings. The van der Waals surface area contributed by atoms with Crippen LogP contribution in [0.5, 0.6) is 0 Å². The number of unbranched alkanes of at least 4 members (excludes halogenated alkanes) is 1. The molecule has 0 radical (unpaired) electrons. The van der Waals surface area contributed by atoms with Gasteiger partial charge >= 0.3 is 0 Å². The lowest BCUT2D eigenvalue weighted by Crippen LogP contribution is -1.92. The number of aliphatic imine (C=N–C) groups is 1. The van der Waals surface area contributed by atoms with E-state index in [4.69, 9.17) is 0 Å². The topological polar surface area (TPSA) is 12.4 Å². The van der Waals surface area contributed by atoms with Gasteiger partial charge in [0, 0.05) is 29.7 Å². The summed E-state index contributed by atoms with van der Waals surface area (Å²) in [5.74, 6) is 5.11. The van der Waals surface area contributed by atoms with Crippen LogP contribution < -0.4 is 0 Å². The van der Waals surface area contributed by atoms with E-state index in [9.17, 15) is 8.78 Å². The van der Waals surface area contributed by atoms with Crippen LogP contribution in [0.4, 0.5) is 14.5 Å². The molecule has 0 unspecified atom stereocenters. The van der Waals surface area contributed by atoms with Gasteiger partial charge in [-0.25, -0.2) is 8.78 Å². The van der Waals surface area contributed by atoms with E-state index in [0.29, 0.717) is 12.0 Å². The molecule has 3 aromatic carbocycles. The third-order valence-electron chi connectivity index (χ3n) is 5.48. The number of thiocarbonyl (C=S) groups is 1. The second-order valence-electron chi connectivity index (χ2n) is 7.80. The average molecular weight is 442 g/mol. The molecule has 0 spiro atoms. The molecule has 0 aliphatic heterocycles. The minimum atomic E-state index is -0.678. The molecule has 0 atom stereocenters. The molecule has 1 nitrogen and oxygen atoms in total. The summed E-state index contributed by atoms with van der Waals surface area (Å²) in [6.07, 6.45) is 6.14. The monoisotopic (exact) mass is 441 g/mol. The van der Waals surface area contributed by atoms with Crippen molar-refractivity contribution in [1.29, 1.82) is 0 Å². The number of fused-ring (bicyclic) bond motifs is 1. The van der Waals surface area contributed by atoms with Crippen LogP contribution in [0.1, 0.15) is 42.0 Å². The van der Waals surface area contributed by atoms with Gasteiger partial charge in [-0.15, -0.1) is 0 Å². The largest absolute Gasteiger partial charge is 0.206 e. The second-order valence-corrected chi connectivity index (χ2v) is 7.98. The van der Waals surface area contributed by atoms with Gasteiger partial charge in [0.25, 0.3) is 0 Å². The molecule has 0 heterocycles. The Labute approximate surface area is 192 Å². The van der Waals surface area contributed by atoms with Crippen LogP contribution in [0.3, 0.4) is 0 Å². The molecule has 0 saturated heterocycles. The molecule has 158 valence electrons. The summed E-state index contributed by atoms with van der Waals surface area (Å²) in [4.78, 5) is 3.66. The number of hydrogen-bond donors (Lipinski definition) is 0. The van der Waals surface area contributed by atoms with Crippen molar-refractivity contribution in [3.05, 3.63) is 94.1 Å². The molecule has 1 aliphatic carbocycles. The zero-order valence-corrected chi connectivity index (χ0v) is 18.5. The highest BCUT2D eigenvalue weighted by molar-refractivity contribution is 7.78. The maximum absolute atomic E-state index is 14.6. The Kier molecular flexibility index (Phi) is 6.71. The predicted molar refractivity (Wildman–Crippen MR) is 130 cm³/mol. The van der Waals surface area contributed by atoms with E-state index in [-0.39, 0.29) is 11.3 Å². The molecule has 0 aromatic heterocycles. The summed E-state index contributed by atoms with van der Waals surface area (Å²) < 4.78 is 29.1. The van der Waals surface area contributed by atoms with Crippen molar-refractivity contribution >= 4 is 29.1 Å². The Morgan fingerprint density at radius 2 is 1.72 bits per heavy atom. The number of benzene rings is 3. The van der Waals surface area contributed by atoms with Gasteiger partial charge in [-0.2, -0.15) is 4.99 Å². The maximum Gasteiger partial charge on any atom is 0.136 e. The highest BCUT2D eigenvalue weighted by Gasteiger charge is 2.17. The lowest BCUT2D eigenvalue weighted by atomic mass is 9.99. The lowest BCUT2D eigenvalue weighted by Gasteiger charge is -2.08. The van der Waals surface area contributed by atoms with Crippen molar-refractivity contribution in [2.24, 2.45) is 4.99 Å². The van der Waals surface area contributed by atoms with E-state index in [1.165, 1.54) is 18.4 Å². The highest BCUT2D eigenvalue weighted by Crippen LogP contribution is 2.34. The molecule has 4 rings (SSSR count). The molecule has 0 N–H and O–H groups in total. The third-order valence-corrected chi connectivity index (χ3v) is 5.58. The fourth-order valence-corrected chi connectivity index (χ4v) is 3.93. The molecule has 32 heavy (non-hydrogen) atoms. The van der Waals surface area contributed by atoms with Crippen molar-refractivity contribution in [2.75, 3.05) is 0 Å². The van der Waals surface area contributed by atoms with Gasteiger partial charge < -0.3 is 0 Å². The minimum Gasteiger partial charge on any atom is -0.206 e. The minimum absolute atomic E-state index is 0.0705. The molecule has 0 fully saturated rings. The summed E-state index contributed by atoms with van der Waals surface area (Å²) in [5.41, 5.74) is 5.85. The highest BCUT2D eigenvalue weighted by atomic mass is 32.1. The number of aryl methyl sites for hydroxylation is 1. The molecule has 0 bridgehead atoms. The Hall–Kier alpha value is -3.38. The first-order valence-corrected chi connectivity index (χ1v) is 11.0. The van der Waals surface area contributed by atoms with Crippen molar-refractivity contribution < 1.29 is 8.78 Å². The standard InChI is InChI=1S/C28H21F2NS/c1-2-3-4-19-5-7-20(8-6-19)9-10-21-13-22-11-12-23(15-24(22)14-21)28-26(29)16-25(31-18-32)17-27(28)30/h5-8,11-13,15-17H,2-4,14H2,1H3.